The number of hydrogen-bond acceptors (Lipinski definition) is 13. The van der Waals surface area contributed by atoms with Crippen LogP contribution in [0.3, 0.4) is 0 Å². The first-order chi connectivity index (χ1) is 23.0. The van der Waals surface area contributed by atoms with E-state index in [0.717, 1.165) is 0 Å². The summed E-state index contributed by atoms with van der Waals surface area (Å²) in [6.07, 6.45) is -8.92. The third kappa shape index (κ3) is 9.94. The molecule has 6 N–H and O–H groups in total. The van der Waals surface area contributed by atoms with Crippen LogP contribution < -0.4 is 5.32 Å². The molecule has 3 heterocycles. The lowest BCUT2D eigenvalue weighted by molar-refractivity contribution is -0.316. The zero-order chi connectivity index (χ0) is 38.0. The number of nitrogens with zero attached hydrogens (tertiary/aromatic N) is 1. The van der Waals surface area contributed by atoms with Crippen LogP contribution in [-0.2, 0) is 33.3 Å². The number of aliphatic hydroxyl groups excluding tert-OH is 3. The zero-order valence-corrected chi connectivity index (χ0v) is 32.1. The highest BCUT2D eigenvalue weighted by Gasteiger charge is 2.51. The van der Waals surface area contributed by atoms with Gasteiger partial charge < -0.3 is 59.4 Å². The summed E-state index contributed by atoms with van der Waals surface area (Å²) in [4.78, 5) is 29.4. The van der Waals surface area contributed by atoms with Crippen molar-refractivity contribution in [3.05, 3.63) is 0 Å². The molecule has 3 saturated heterocycles. The van der Waals surface area contributed by atoms with Crippen LogP contribution in [0.1, 0.15) is 94.9 Å². The van der Waals surface area contributed by atoms with Gasteiger partial charge in [-0.2, -0.15) is 0 Å². The molecular weight excluding hydrogens is 652 g/mol. The van der Waals surface area contributed by atoms with Crippen molar-refractivity contribution in [3.63, 3.8) is 0 Å². The summed E-state index contributed by atoms with van der Waals surface area (Å²) in [6.45, 7) is 16.8. The van der Waals surface area contributed by atoms with Crippen molar-refractivity contribution < 1.29 is 58.8 Å². The summed E-state index contributed by atoms with van der Waals surface area (Å²) in [5.41, 5.74) is -3.32. The molecular formula is C36H66N2O12. The van der Waals surface area contributed by atoms with Crippen LogP contribution in [0.25, 0.3) is 0 Å². The summed E-state index contributed by atoms with van der Waals surface area (Å²) in [5, 5.41) is 59.4. The van der Waals surface area contributed by atoms with Gasteiger partial charge in [-0.3, -0.25) is 9.59 Å². The summed E-state index contributed by atoms with van der Waals surface area (Å²) >= 11 is 0. The van der Waals surface area contributed by atoms with Gasteiger partial charge in [0.05, 0.1) is 53.7 Å². The van der Waals surface area contributed by atoms with Crippen molar-refractivity contribution >= 4 is 11.9 Å². The number of rotatable bonds is 6. The van der Waals surface area contributed by atoms with Crippen LogP contribution in [0.15, 0.2) is 0 Å². The van der Waals surface area contributed by atoms with E-state index in [4.69, 9.17) is 23.7 Å². The standard InChI is InChI=1S/C36H66N2O12/c1-13-25-19(4)27(39)22(7)37-32(42)17(2)15-36(10,45)31(50-34-28(40)24(38(11)12)14-18(3)46-34)20(5)29(21(6)33(43)48-25)49-26-16-35(9,44)30(41)23(8)47-26/h17-31,34,39-41,44-45H,13-16H2,1-12H3,(H,37,42)/t17-,18-,19-,20+,21-,22-,23+,24+,25-,26-,27-,28-,29+,30+,31-,34+,35-,36-/m1/s1. The van der Waals surface area contributed by atoms with Crippen LogP contribution in [0, 0.1) is 23.7 Å². The van der Waals surface area contributed by atoms with E-state index in [0.29, 0.717) is 12.8 Å². The zero-order valence-electron chi connectivity index (χ0n) is 32.1. The molecule has 18 atom stereocenters. The molecule has 14 nitrogen and oxygen atoms in total. The van der Waals surface area contributed by atoms with Crippen LogP contribution in [0.2, 0.25) is 0 Å². The molecule has 0 saturated carbocycles. The van der Waals surface area contributed by atoms with Gasteiger partial charge in [0.1, 0.15) is 18.3 Å². The number of carbonyl (C=O) groups excluding carboxylic acids is 2. The second-order valence-electron chi connectivity index (χ2n) is 16.1. The van der Waals surface area contributed by atoms with Crippen LogP contribution >= 0.6 is 0 Å². The van der Waals surface area contributed by atoms with Gasteiger partial charge in [-0.15, -0.1) is 0 Å². The Bertz CT molecular complexity index is 1120. The largest absolute Gasteiger partial charge is 0.462 e. The summed E-state index contributed by atoms with van der Waals surface area (Å²) in [6, 6.07) is -1.00. The van der Waals surface area contributed by atoms with Gasteiger partial charge in [0.2, 0.25) is 5.91 Å². The molecule has 3 fully saturated rings. The van der Waals surface area contributed by atoms with Crippen molar-refractivity contribution in [2.75, 3.05) is 14.1 Å². The Labute approximate surface area is 298 Å². The molecule has 50 heavy (non-hydrogen) atoms. The fourth-order valence-corrected chi connectivity index (χ4v) is 8.00. The highest BCUT2D eigenvalue weighted by atomic mass is 16.7. The number of nitrogens with one attached hydrogen (secondary N) is 1. The minimum atomic E-state index is -1.76. The highest BCUT2D eigenvalue weighted by Crippen LogP contribution is 2.39. The Kier molecular flexibility index (Phi) is 14.7. The third-order valence-corrected chi connectivity index (χ3v) is 11.2. The molecule has 3 aliphatic heterocycles. The smallest absolute Gasteiger partial charge is 0.311 e. The Morgan fingerprint density at radius 2 is 1.50 bits per heavy atom. The Morgan fingerprint density at radius 1 is 0.880 bits per heavy atom. The number of amides is 1. The van der Waals surface area contributed by atoms with E-state index in [1.165, 1.54) is 13.8 Å². The molecule has 3 aliphatic rings. The van der Waals surface area contributed by atoms with Crippen LogP contribution in [-0.4, -0.2) is 141 Å². The summed E-state index contributed by atoms with van der Waals surface area (Å²) < 4.78 is 31.2. The maximum absolute atomic E-state index is 14.0. The first-order valence-corrected chi connectivity index (χ1v) is 18.3. The molecule has 0 radical (unpaired) electrons. The van der Waals surface area contributed by atoms with E-state index in [9.17, 15) is 35.1 Å². The number of aliphatic hydroxyl groups is 5. The van der Waals surface area contributed by atoms with Crippen molar-refractivity contribution in [3.8, 4) is 0 Å². The molecule has 14 heteroatoms. The number of carbonyl (C=O) groups is 2. The van der Waals surface area contributed by atoms with Gasteiger partial charge >= 0.3 is 5.97 Å². The molecule has 0 spiro atoms. The lowest BCUT2D eigenvalue weighted by Crippen LogP contribution is -2.60. The van der Waals surface area contributed by atoms with E-state index in [1.807, 2.05) is 32.8 Å². The first kappa shape index (κ1) is 42.9. The van der Waals surface area contributed by atoms with Gasteiger partial charge in [0, 0.05) is 30.2 Å². The third-order valence-electron chi connectivity index (χ3n) is 11.2. The first-order valence-electron chi connectivity index (χ1n) is 18.3. The summed E-state index contributed by atoms with van der Waals surface area (Å²) in [5.74, 6) is -4.14. The van der Waals surface area contributed by atoms with Gasteiger partial charge in [-0.1, -0.05) is 27.7 Å². The van der Waals surface area contributed by atoms with E-state index in [-0.39, 0.29) is 25.0 Å². The molecule has 0 aromatic carbocycles. The SMILES string of the molecule is CC[C@H]1OC(=O)[C@H](C)[C@@H](O[C@@H]2C[C@@](C)(O)[C@@H](O)[C@H](C)O2)[C@H](C)[C@@H](O[C@@H]2O[C@H](C)C[C@H](N(C)C)[C@H]2O)[C@](C)(O)C[C@@H](C)C(=O)N[C@H](C)[C@H](O)[C@@H]1C. The number of ether oxygens (including phenoxy) is 5. The van der Waals surface area contributed by atoms with Crippen molar-refractivity contribution in [1.82, 2.24) is 10.2 Å². The molecule has 0 aromatic heterocycles. The predicted octanol–water partition coefficient (Wildman–Crippen LogP) is 1.32. The second-order valence-corrected chi connectivity index (χ2v) is 16.1. The topological polar surface area (TPSA) is 197 Å². The maximum Gasteiger partial charge on any atom is 0.311 e. The minimum absolute atomic E-state index is 0.0946. The van der Waals surface area contributed by atoms with Gasteiger partial charge in [0.15, 0.2) is 12.6 Å². The van der Waals surface area contributed by atoms with E-state index >= 15 is 0 Å². The number of hydrogen-bond donors (Lipinski definition) is 6. The Morgan fingerprint density at radius 3 is 2.06 bits per heavy atom. The van der Waals surface area contributed by atoms with E-state index in [2.05, 4.69) is 5.32 Å². The Hall–Kier alpha value is -1.46. The number of likely N-dealkylation sites (N-methyl/N-ethyl adjacent to an activating group) is 1. The van der Waals surface area contributed by atoms with Crippen LogP contribution in [0.4, 0.5) is 0 Å². The summed E-state index contributed by atoms with van der Waals surface area (Å²) in [7, 11) is 3.70. The van der Waals surface area contributed by atoms with Gasteiger partial charge in [-0.25, -0.2) is 0 Å². The lowest BCUT2D eigenvalue weighted by Gasteiger charge is -2.48. The van der Waals surface area contributed by atoms with Crippen molar-refractivity contribution in [2.45, 2.75) is 180 Å². The number of esters is 1. The predicted molar refractivity (Wildman–Crippen MR) is 183 cm³/mol. The Balaban J connectivity index is 2.15. The van der Waals surface area contributed by atoms with E-state index in [1.54, 1.807) is 41.5 Å². The van der Waals surface area contributed by atoms with Crippen LogP contribution in [0.5, 0.6) is 0 Å². The van der Waals surface area contributed by atoms with Gasteiger partial charge in [0.25, 0.3) is 0 Å². The van der Waals surface area contributed by atoms with Crippen molar-refractivity contribution in [2.24, 2.45) is 23.7 Å². The number of cyclic esters (lactones) is 1. The molecule has 292 valence electrons. The molecule has 0 aliphatic carbocycles. The monoisotopic (exact) mass is 718 g/mol. The molecule has 0 bridgehead atoms. The normalized spacial score (nSPS) is 49.1. The fraction of sp³-hybridized carbons (Fsp3) is 0.944. The van der Waals surface area contributed by atoms with E-state index < -0.39 is 108 Å². The average molecular weight is 719 g/mol. The second kappa shape index (κ2) is 17.1. The van der Waals surface area contributed by atoms with Crippen molar-refractivity contribution in [1.29, 1.82) is 0 Å². The fourth-order valence-electron chi connectivity index (χ4n) is 8.00. The van der Waals surface area contributed by atoms with Gasteiger partial charge in [-0.05, 0) is 74.9 Å². The lowest BCUT2D eigenvalue weighted by atomic mass is 9.77. The maximum atomic E-state index is 14.0. The quantitative estimate of drug-likeness (QED) is 0.215. The molecule has 3 rings (SSSR count). The molecule has 0 aromatic rings. The molecule has 1 amide bonds. The highest BCUT2D eigenvalue weighted by molar-refractivity contribution is 5.78. The average Bonchev–Trinajstić information content (AvgIpc) is 3.02. The minimum Gasteiger partial charge on any atom is -0.462 e. The molecule has 0 unspecified atom stereocenters.